The molecular formula is C19H27N. The third-order valence-corrected chi connectivity index (χ3v) is 5.56. The molecule has 0 aliphatic heterocycles. The molecule has 1 N–H and O–H groups in total. The zero-order valence-electron chi connectivity index (χ0n) is 12.6. The molecule has 1 aromatic carbocycles. The zero-order chi connectivity index (χ0) is 13.5. The summed E-state index contributed by atoms with van der Waals surface area (Å²) in [6.07, 6.45) is 8.85. The first-order valence-corrected chi connectivity index (χ1v) is 8.61. The van der Waals surface area contributed by atoms with Gasteiger partial charge in [-0.15, -0.1) is 0 Å². The van der Waals surface area contributed by atoms with Crippen LogP contribution < -0.4 is 5.32 Å². The van der Waals surface area contributed by atoms with Crippen LogP contribution in [-0.2, 0) is 0 Å². The van der Waals surface area contributed by atoms with Crippen LogP contribution in [0.1, 0.15) is 55.7 Å². The number of rotatable bonds is 7. The van der Waals surface area contributed by atoms with E-state index >= 15 is 0 Å². The van der Waals surface area contributed by atoms with Crippen LogP contribution in [-0.4, -0.2) is 6.54 Å². The highest BCUT2D eigenvalue weighted by Gasteiger charge is 2.42. The fraction of sp³-hybridized carbons (Fsp3) is 0.684. The Morgan fingerprint density at radius 1 is 0.900 bits per heavy atom. The van der Waals surface area contributed by atoms with Crippen molar-refractivity contribution >= 4 is 0 Å². The van der Waals surface area contributed by atoms with Crippen LogP contribution in [0.5, 0.6) is 0 Å². The number of hydrogen-bond acceptors (Lipinski definition) is 1. The molecule has 1 atom stereocenters. The van der Waals surface area contributed by atoms with E-state index in [2.05, 4.69) is 36.5 Å². The standard InChI is InChI=1S/C19H27N/c1-13-2-4-16(5-3-13)19(17-10-11-17)20-12-18(14-6-7-14)15-8-9-15/h2-5,14-15,17-20H,6-12H2,1H3. The van der Waals surface area contributed by atoms with Gasteiger partial charge in [0.25, 0.3) is 0 Å². The first kappa shape index (κ1) is 12.9. The summed E-state index contributed by atoms with van der Waals surface area (Å²) in [7, 11) is 0. The van der Waals surface area contributed by atoms with Crippen molar-refractivity contribution < 1.29 is 0 Å². The average molecular weight is 269 g/mol. The summed E-state index contributed by atoms with van der Waals surface area (Å²) in [6, 6.07) is 9.84. The van der Waals surface area contributed by atoms with Gasteiger partial charge in [0.2, 0.25) is 0 Å². The van der Waals surface area contributed by atoms with E-state index in [1.807, 2.05) is 0 Å². The predicted molar refractivity (Wildman–Crippen MR) is 83.6 cm³/mol. The lowest BCUT2D eigenvalue weighted by molar-refractivity contribution is 0.344. The van der Waals surface area contributed by atoms with Crippen molar-refractivity contribution in [2.75, 3.05) is 6.54 Å². The Morgan fingerprint density at radius 3 is 1.95 bits per heavy atom. The molecule has 108 valence electrons. The Hall–Kier alpha value is -0.820. The van der Waals surface area contributed by atoms with Gasteiger partial charge in [-0.3, -0.25) is 0 Å². The van der Waals surface area contributed by atoms with Gasteiger partial charge in [0.05, 0.1) is 0 Å². The van der Waals surface area contributed by atoms with Crippen LogP contribution in [0.4, 0.5) is 0 Å². The van der Waals surface area contributed by atoms with Gasteiger partial charge in [0.1, 0.15) is 0 Å². The van der Waals surface area contributed by atoms with E-state index < -0.39 is 0 Å². The number of nitrogens with one attached hydrogen (secondary N) is 1. The lowest BCUT2D eigenvalue weighted by atomic mass is 9.95. The minimum Gasteiger partial charge on any atom is -0.309 e. The van der Waals surface area contributed by atoms with E-state index in [1.165, 1.54) is 56.2 Å². The van der Waals surface area contributed by atoms with E-state index in [0.717, 1.165) is 23.7 Å². The monoisotopic (exact) mass is 269 g/mol. The van der Waals surface area contributed by atoms with Gasteiger partial charge in [-0.25, -0.2) is 0 Å². The number of hydrogen-bond donors (Lipinski definition) is 1. The van der Waals surface area contributed by atoms with Crippen LogP contribution in [0.3, 0.4) is 0 Å². The fourth-order valence-corrected chi connectivity index (χ4v) is 3.79. The minimum absolute atomic E-state index is 0.621. The van der Waals surface area contributed by atoms with E-state index in [4.69, 9.17) is 0 Å². The highest BCUT2D eigenvalue weighted by molar-refractivity contribution is 5.25. The van der Waals surface area contributed by atoms with Gasteiger partial charge in [0.15, 0.2) is 0 Å². The Balaban J connectivity index is 1.42. The molecule has 0 aromatic heterocycles. The molecule has 0 amide bonds. The maximum absolute atomic E-state index is 3.96. The van der Waals surface area contributed by atoms with Crippen molar-refractivity contribution in [1.29, 1.82) is 0 Å². The first-order valence-electron chi connectivity index (χ1n) is 8.61. The first-order chi connectivity index (χ1) is 9.81. The summed E-state index contributed by atoms with van der Waals surface area (Å²) in [5.41, 5.74) is 2.89. The molecule has 4 rings (SSSR count). The van der Waals surface area contributed by atoms with Crippen molar-refractivity contribution in [1.82, 2.24) is 5.32 Å². The molecule has 1 heteroatoms. The number of benzene rings is 1. The SMILES string of the molecule is Cc1ccc(C(NCC(C2CC2)C2CC2)C2CC2)cc1. The normalized spacial score (nSPS) is 24.1. The molecule has 0 radical (unpaired) electrons. The summed E-state index contributed by atoms with van der Waals surface area (Å²) >= 11 is 0. The van der Waals surface area contributed by atoms with E-state index in [-0.39, 0.29) is 0 Å². The third kappa shape index (κ3) is 2.93. The van der Waals surface area contributed by atoms with E-state index in [1.54, 1.807) is 0 Å². The molecule has 3 saturated carbocycles. The van der Waals surface area contributed by atoms with Crippen molar-refractivity contribution in [3.63, 3.8) is 0 Å². The Kier molecular flexibility index (Phi) is 3.34. The molecular weight excluding hydrogens is 242 g/mol. The van der Waals surface area contributed by atoms with Gasteiger partial charge in [-0.2, -0.15) is 0 Å². The fourth-order valence-electron chi connectivity index (χ4n) is 3.79. The quantitative estimate of drug-likeness (QED) is 0.770. The van der Waals surface area contributed by atoms with Crippen LogP contribution in [0.2, 0.25) is 0 Å². The molecule has 1 nitrogen and oxygen atoms in total. The zero-order valence-corrected chi connectivity index (χ0v) is 12.6. The van der Waals surface area contributed by atoms with Gasteiger partial charge >= 0.3 is 0 Å². The predicted octanol–water partition coefficient (Wildman–Crippen LogP) is 4.47. The van der Waals surface area contributed by atoms with Crippen molar-refractivity contribution in [3.05, 3.63) is 35.4 Å². The Bertz CT molecular complexity index is 439. The van der Waals surface area contributed by atoms with Crippen LogP contribution in [0.25, 0.3) is 0 Å². The van der Waals surface area contributed by atoms with Crippen molar-refractivity contribution in [2.45, 2.75) is 51.5 Å². The molecule has 1 unspecified atom stereocenters. The van der Waals surface area contributed by atoms with Gasteiger partial charge < -0.3 is 5.32 Å². The third-order valence-electron chi connectivity index (χ3n) is 5.56. The minimum atomic E-state index is 0.621. The topological polar surface area (TPSA) is 12.0 Å². The summed E-state index contributed by atoms with van der Waals surface area (Å²) in [5.74, 6) is 4.01. The highest BCUT2D eigenvalue weighted by atomic mass is 14.9. The van der Waals surface area contributed by atoms with Crippen molar-refractivity contribution in [3.8, 4) is 0 Å². The molecule has 0 heterocycles. The lowest BCUT2D eigenvalue weighted by Gasteiger charge is -2.23. The average Bonchev–Trinajstić information content (AvgIpc) is 3.25. The molecule has 1 aromatic rings. The van der Waals surface area contributed by atoms with Crippen LogP contribution in [0.15, 0.2) is 24.3 Å². The smallest absolute Gasteiger partial charge is 0.0348 e. The molecule has 0 spiro atoms. The summed E-state index contributed by atoms with van der Waals surface area (Å²) in [6.45, 7) is 3.45. The Labute approximate surface area is 123 Å². The maximum Gasteiger partial charge on any atom is 0.0348 e. The number of aryl methyl sites for hydroxylation is 1. The van der Waals surface area contributed by atoms with Crippen molar-refractivity contribution in [2.24, 2.45) is 23.7 Å². The lowest BCUT2D eigenvalue weighted by Crippen LogP contribution is -2.30. The Morgan fingerprint density at radius 2 is 1.45 bits per heavy atom. The van der Waals surface area contributed by atoms with Gasteiger partial charge in [-0.05, 0) is 81.2 Å². The second-order valence-electron chi connectivity index (χ2n) is 7.47. The highest BCUT2D eigenvalue weighted by Crippen LogP contribution is 2.49. The van der Waals surface area contributed by atoms with E-state index in [0.29, 0.717) is 6.04 Å². The van der Waals surface area contributed by atoms with Crippen LogP contribution in [0, 0.1) is 30.6 Å². The molecule has 3 aliphatic carbocycles. The largest absolute Gasteiger partial charge is 0.309 e. The van der Waals surface area contributed by atoms with E-state index in [9.17, 15) is 0 Å². The summed E-state index contributed by atoms with van der Waals surface area (Å²) < 4.78 is 0. The van der Waals surface area contributed by atoms with Crippen LogP contribution >= 0.6 is 0 Å². The van der Waals surface area contributed by atoms with Gasteiger partial charge in [0, 0.05) is 6.04 Å². The summed E-state index contributed by atoms with van der Waals surface area (Å²) in [5, 5.41) is 3.96. The molecule has 3 fully saturated rings. The molecule has 3 aliphatic rings. The summed E-state index contributed by atoms with van der Waals surface area (Å²) in [4.78, 5) is 0. The maximum atomic E-state index is 3.96. The second-order valence-corrected chi connectivity index (χ2v) is 7.47. The molecule has 0 saturated heterocycles. The molecule has 0 bridgehead atoms. The van der Waals surface area contributed by atoms with Gasteiger partial charge in [-0.1, -0.05) is 29.8 Å². The molecule has 20 heavy (non-hydrogen) atoms. The second kappa shape index (κ2) is 5.18.